The summed E-state index contributed by atoms with van der Waals surface area (Å²) in [7, 11) is 3.11. The number of methoxy groups -OCH3 is 2. The first-order valence-corrected chi connectivity index (χ1v) is 10.1. The van der Waals surface area contributed by atoms with Crippen LogP contribution < -0.4 is 20.1 Å². The number of ether oxygens (including phenoxy) is 2. The topological polar surface area (TPSA) is 118 Å². The molecule has 11 heteroatoms. The van der Waals surface area contributed by atoms with Crippen molar-refractivity contribution in [2.24, 2.45) is 0 Å². The zero-order chi connectivity index (χ0) is 24.0. The maximum absolute atomic E-state index is 13.3. The van der Waals surface area contributed by atoms with Crippen LogP contribution in [0.1, 0.15) is 25.3 Å². The number of carbonyl (C=O) groups is 1. The second-order valence-electron chi connectivity index (χ2n) is 7.44. The van der Waals surface area contributed by atoms with Crippen molar-refractivity contribution in [3.05, 3.63) is 42.1 Å². The summed E-state index contributed by atoms with van der Waals surface area (Å²) in [6, 6.07) is 7.48. The second kappa shape index (κ2) is 10.2. The van der Waals surface area contributed by atoms with E-state index in [2.05, 4.69) is 25.6 Å². The number of aromatic nitrogens is 3. The van der Waals surface area contributed by atoms with Crippen LogP contribution in [0.25, 0.3) is 11.0 Å². The first kappa shape index (κ1) is 23.9. The molecule has 0 fully saturated rings. The molecule has 0 saturated heterocycles. The van der Waals surface area contributed by atoms with Crippen molar-refractivity contribution >= 4 is 28.8 Å². The number of benzene rings is 1. The SMILES string of the molecule is COc1ccc(CNc2nc(N[C@H](CCC(C)(F)F)C(=O)O)c3ncccc3n2)c(OC)c1. The van der Waals surface area contributed by atoms with Gasteiger partial charge in [0.05, 0.1) is 19.7 Å². The maximum atomic E-state index is 13.3. The first-order valence-electron chi connectivity index (χ1n) is 10.1. The van der Waals surface area contributed by atoms with Crippen molar-refractivity contribution in [2.45, 2.75) is 38.3 Å². The van der Waals surface area contributed by atoms with Gasteiger partial charge in [-0.25, -0.2) is 18.6 Å². The highest BCUT2D eigenvalue weighted by Gasteiger charge is 2.27. The van der Waals surface area contributed by atoms with E-state index in [0.29, 0.717) is 29.1 Å². The molecule has 0 bridgehead atoms. The number of hydrogen-bond donors (Lipinski definition) is 3. The van der Waals surface area contributed by atoms with Crippen LogP contribution in [0.15, 0.2) is 36.5 Å². The predicted octanol–water partition coefficient (Wildman–Crippen LogP) is 3.95. The Hall–Kier alpha value is -3.76. The quantitative estimate of drug-likeness (QED) is 0.390. The van der Waals surface area contributed by atoms with Crippen LogP contribution in [0.3, 0.4) is 0 Å². The fourth-order valence-corrected chi connectivity index (χ4v) is 3.14. The molecule has 33 heavy (non-hydrogen) atoms. The summed E-state index contributed by atoms with van der Waals surface area (Å²) >= 11 is 0. The zero-order valence-corrected chi connectivity index (χ0v) is 18.4. The van der Waals surface area contributed by atoms with Gasteiger partial charge in [0.25, 0.3) is 0 Å². The molecule has 176 valence electrons. The number of rotatable bonds is 11. The summed E-state index contributed by atoms with van der Waals surface area (Å²) in [5.41, 5.74) is 1.61. The van der Waals surface area contributed by atoms with Gasteiger partial charge in [0.1, 0.15) is 23.1 Å². The molecule has 3 N–H and O–H groups in total. The molecular weight excluding hydrogens is 436 g/mol. The van der Waals surface area contributed by atoms with Crippen LogP contribution in [-0.4, -0.2) is 52.2 Å². The fourth-order valence-electron chi connectivity index (χ4n) is 3.14. The highest BCUT2D eigenvalue weighted by Crippen LogP contribution is 2.27. The van der Waals surface area contributed by atoms with Gasteiger partial charge in [-0.05, 0) is 37.6 Å². The summed E-state index contributed by atoms with van der Waals surface area (Å²) in [5.74, 6) is -2.65. The third-order valence-electron chi connectivity index (χ3n) is 4.87. The number of alkyl halides is 2. The third kappa shape index (κ3) is 6.37. The third-order valence-corrected chi connectivity index (χ3v) is 4.87. The molecule has 1 atom stereocenters. The summed E-state index contributed by atoms with van der Waals surface area (Å²) < 4.78 is 37.2. The molecule has 0 aliphatic heterocycles. The van der Waals surface area contributed by atoms with Crippen LogP contribution in [0.5, 0.6) is 11.5 Å². The summed E-state index contributed by atoms with van der Waals surface area (Å²) in [5, 5.41) is 15.3. The summed E-state index contributed by atoms with van der Waals surface area (Å²) in [4.78, 5) is 24.7. The molecule has 0 aliphatic rings. The molecule has 3 aromatic rings. The van der Waals surface area contributed by atoms with E-state index in [9.17, 15) is 18.7 Å². The van der Waals surface area contributed by atoms with Gasteiger partial charge >= 0.3 is 5.97 Å². The Balaban J connectivity index is 1.87. The van der Waals surface area contributed by atoms with Crippen LogP contribution in [0.4, 0.5) is 20.5 Å². The molecule has 0 spiro atoms. The molecule has 9 nitrogen and oxygen atoms in total. The van der Waals surface area contributed by atoms with Gasteiger partial charge in [0.15, 0.2) is 5.82 Å². The van der Waals surface area contributed by atoms with Crippen molar-refractivity contribution in [3.63, 3.8) is 0 Å². The van der Waals surface area contributed by atoms with E-state index in [1.54, 1.807) is 38.5 Å². The van der Waals surface area contributed by atoms with Gasteiger partial charge in [-0.1, -0.05) is 0 Å². The number of hydrogen-bond acceptors (Lipinski definition) is 8. The van der Waals surface area contributed by atoms with Crippen molar-refractivity contribution in [3.8, 4) is 11.5 Å². The predicted molar refractivity (Wildman–Crippen MR) is 119 cm³/mol. The lowest BCUT2D eigenvalue weighted by atomic mass is 10.1. The Labute approximate surface area is 189 Å². The highest BCUT2D eigenvalue weighted by atomic mass is 19.3. The fraction of sp³-hybridized carbons (Fsp3) is 0.364. The number of pyridine rings is 1. The van der Waals surface area contributed by atoms with Crippen LogP contribution in [0, 0.1) is 0 Å². The van der Waals surface area contributed by atoms with E-state index < -0.39 is 24.4 Å². The number of anilines is 2. The minimum absolute atomic E-state index is 0.136. The van der Waals surface area contributed by atoms with Crippen molar-refractivity contribution in [1.29, 1.82) is 0 Å². The lowest BCUT2D eigenvalue weighted by molar-refractivity contribution is -0.138. The van der Waals surface area contributed by atoms with Gasteiger partial charge in [-0.3, -0.25) is 4.98 Å². The lowest BCUT2D eigenvalue weighted by Gasteiger charge is -2.19. The van der Waals surface area contributed by atoms with E-state index in [0.717, 1.165) is 12.5 Å². The normalized spacial score (nSPS) is 12.3. The number of carboxylic acid groups (broad SMARTS) is 1. The Bertz CT molecular complexity index is 1120. The van der Waals surface area contributed by atoms with Crippen LogP contribution >= 0.6 is 0 Å². The molecule has 0 unspecified atom stereocenters. The van der Waals surface area contributed by atoms with E-state index in [1.165, 1.54) is 6.20 Å². The standard InChI is InChI=1S/C22H25F2N5O4/c1-22(23,24)9-8-16(20(30)31)27-19-18-15(5-4-10-25-18)28-21(29-19)26-12-13-6-7-14(32-2)11-17(13)33-3/h4-7,10-11,16H,8-9,12H2,1-3H3,(H,30,31)(H2,26,27,28,29)/t16-/m1/s1. The van der Waals surface area contributed by atoms with Crippen molar-refractivity contribution in [2.75, 3.05) is 24.9 Å². The molecule has 1 aromatic carbocycles. The molecule has 2 heterocycles. The number of fused-ring (bicyclic) bond motifs is 1. The molecule has 3 rings (SSSR count). The largest absolute Gasteiger partial charge is 0.497 e. The molecule has 0 saturated carbocycles. The van der Waals surface area contributed by atoms with E-state index in [1.807, 2.05) is 6.07 Å². The highest BCUT2D eigenvalue weighted by molar-refractivity contribution is 5.88. The average Bonchev–Trinajstić information content (AvgIpc) is 2.79. The van der Waals surface area contributed by atoms with Gasteiger partial charge in [-0.2, -0.15) is 4.98 Å². The van der Waals surface area contributed by atoms with E-state index in [4.69, 9.17) is 9.47 Å². The Morgan fingerprint density at radius 1 is 1.21 bits per heavy atom. The Morgan fingerprint density at radius 2 is 2.00 bits per heavy atom. The van der Waals surface area contributed by atoms with Gasteiger partial charge < -0.3 is 25.2 Å². The van der Waals surface area contributed by atoms with Gasteiger partial charge in [0, 0.05) is 30.8 Å². The number of nitrogens with zero attached hydrogens (tertiary/aromatic N) is 3. The van der Waals surface area contributed by atoms with Gasteiger partial charge in [-0.15, -0.1) is 0 Å². The number of nitrogens with one attached hydrogen (secondary N) is 2. The number of carboxylic acids is 1. The zero-order valence-electron chi connectivity index (χ0n) is 18.4. The van der Waals surface area contributed by atoms with Crippen molar-refractivity contribution in [1.82, 2.24) is 15.0 Å². The minimum atomic E-state index is -2.98. The lowest BCUT2D eigenvalue weighted by Crippen LogP contribution is -2.31. The molecule has 2 aromatic heterocycles. The van der Waals surface area contributed by atoms with E-state index in [-0.39, 0.29) is 18.2 Å². The average molecular weight is 461 g/mol. The smallest absolute Gasteiger partial charge is 0.326 e. The molecular formula is C22H25F2N5O4. The van der Waals surface area contributed by atoms with Crippen LogP contribution in [0.2, 0.25) is 0 Å². The Morgan fingerprint density at radius 3 is 2.67 bits per heavy atom. The monoisotopic (exact) mass is 461 g/mol. The molecule has 0 amide bonds. The first-order chi connectivity index (χ1) is 15.7. The second-order valence-corrected chi connectivity index (χ2v) is 7.44. The van der Waals surface area contributed by atoms with E-state index >= 15 is 0 Å². The van der Waals surface area contributed by atoms with Crippen molar-refractivity contribution < 1.29 is 28.2 Å². The minimum Gasteiger partial charge on any atom is -0.497 e. The molecule has 0 aliphatic carbocycles. The molecule has 0 radical (unpaired) electrons. The number of aliphatic carboxylic acids is 1. The van der Waals surface area contributed by atoms with Gasteiger partial charge in [0.2, 0.25) is 11.9 Å². The maximum Gasteiger partial charge on any atom is 0.326 e. The summed E-state index contributed by atoms with van der Waals surface area (Å²) in [6.45, 7) is 1.06. The Kier molecular flexibility index (Phi) is 7.41. The van der Waals surface area contributed by atoms with Crippen LogP contribution in [-0.2, 0) is 11.3 Å². The number of halogens is 2. The summed E-state index contributed by atoms with van der Waals surface area (Å²) in [6.07, 6.45) is 0.640.